The van der Waals surface area contributed by atoms with Gasteiger partial charge in [0.05, 0.1) is 25.9 Å². The predicted octanol–water partition coefficient (Wildman–Crippen LogP) is -0.129. The largest absolute Gasteiger partial charge is 0.387 e. The third-order valence-electron chi connectivity index (χ3n) is 1.17. The van der Waals surface area contributed by atoms with Gasteiger partial charge < -0.3 is 20.3 Å². The number of aliphatic hydroxyl groups is 1. The van der Waals surface area contributed by atoms with Gasteiger partial charge in [-0.2, -0.15) is 0 Å². The van der Waals surface area contributed by atoms with Crippen molar-refractivity contribution in [3.05, 3.63) is 12.7 Å². The highest BCUT2D eigenvalue weighted by Crippen LogP contribution is 1.87. The van der Waals surface area contributed by atoms with Crippen LogP contribution in [-0.2, 0) is 9.47 Å². The molecule has 0 fully saturated rings. The molecule has 0 aromatic carbocycles. The Bertz CT molecular complexity index is 117. The average molecular weight is 175 g/mol. The Morgan fingerprint density at radius 1 is 1.58 bits per heavy atom. The third-order valence-corrected chi connectivity index (χ3v) is 1.17. The summed E-state index contributed by atoms with van der Waals surface area (Å²) in [4.78, 5) is 0. The number of aliphatic hydroxyl groups excluding tert-OH is 1. The maximum atomic E-state index is 8.96. The quantitative estimate of drug-likeness (QED) is 0.321. The maximum absolute atomic E-state index is 8.96. The molecular weight excluding hydrogens is 158 g/mol. The van der Waals surface area contributed by atoms with Crippen molar-refractivity contribution < 1.29 is 14.6 Å². The Morgan fingerprint density at radius 2 is 2.25 bits per heavy atom. The van der Waals surface area contributed by atoms with E-state index in [1.807, 2.05) is 0 Å². The van der Waals surface area contributed by atoms with Crippen LogP contribution in [0, 0.1) is 0 Å². The molecule has 0 rings (SSSR count). The van der Waals surface area contributed by atoms with E-state index in [1.165, 1.54) is 6.08 Å². The zero-order chi connectivity index (χ0) is 9.40. The summed E-state index contributed by atoms with van der Waals surface area (Å²) < 4.78 is 10.0. The molecule has 0 aliphatic heterocycles. The van der Waals surface area contributed by atoms with E-state index >= 15 is 0 Å². The van der Waals surface area contributed by atoms with Gasteiger partial charge in [-0.3, -0.25) is 0 Å². The molecule has 0 radical (unpaired) electrons. The van der Waals surface area contributed by atoms with E-state index in [0.29, 0.717) is 13.2 Å². The molecule has 4 heteroatoms. The number of rotatable bonds is 7. The Balaban J connectivity index is 3.05. The van der Waals surface area contributed by atoms with Crippen molar-refractivity contribution >= 4 is 0 Å². The molecule has 2 atom stereocenters. The fraction of sp³-hybridized carbons (Fsp3) is 0.750. The molecule has 4 nitrogen and oxygen atoms in total. The van der Waals surface area contributed by atoms with Crippen LogP contribution in [0.1, 0.15) is 6.92 Å². The molecular formula is C8H17NO3. The molecule has 0 aliphatic rings. The van der Waals surface area contributed by atoms with Crippen molar-refractivity contribution in [1.82, 2.24) is 0 Å². The Labute approximate surface area is 73.0 Å². The van der Waals surface area contributed by atoms with Crippen molar-refractivity contribution in [3.63, 3.8) is 0 Å². The molecule has 0 aromatic rings. The molecule has 0 saturated carbocycles. The molecule has 0 heterocycles. The van der Waals surface area contributed by atoms with Crippen molar-refractivity contribution in [3.8, 4) is 0 Å². The Kier molecular flexibility index (Phi) is 6.99. The van der Waals surface area contributed by atoms with Gasteiger partial charge in [0.2, 0.25) is 0 Å². The monoisotopic (exact) mass is 175 g/mol. The smallest absolute Gasteiger partial charge is 0.102 e. The summed E-state index contributed by atoms with van der Waals surface area (Å²) in [6.07, 6.45) is 0.560. The van der Waals surface area contributed by atoms with Gasteiger partial charge in [-0.1, -0.05) is 6.08 Å². The van der Waals surface area contributed by atoms with Gasteiger partial charge >= 0.3 is 0 Å². The second-order valence-electron chi connectivity index (χ2n) is 2.45. The third kappa shape index (κ3) is 7.68. The summed E-state index contributed by atoms with van der Waals surface area (Å²) in [5.41, 5.74) is 5.32. The van der Waals surface area contributed by atoms with Gasteiger partial charge in [-0.15, -0.1) is 6.58 Å². The lowest BCUT2D eigenvalue weighted by molar-refractivity contribution is -0.00388. The molecule has 3 N–H and O–H groups in total. The number of ether oxygens (including phenoxy) is 2. The van der Waals surface area contributed by atoms with E-state index in [2.05, 4.69) is 6.58 Å². The van der Waals surface area contributed by atoms with Crippen LogP contribution >= 0.6 is 0 Å². The van der Waals surface area contributed by atoms with E-state index in [9.17, 15) is 0 Å². The van der Waals surface area contributed by atoms with Crippen LogP contribution < -0.4 is 5.73 Å². The van der Waals surface area contributed by atoms with E-state index in [1.54, 1.807) is 6.92 Å². The molecule has 72 valence electrons. The summed E-state index contributed by atoms with van der Waals surface area (Å²) in [6, 6.07) is 0. The first kappa shape index (κ1) is 11.6. The van der Waals surface area contributed by atoms with Crippen LogP contribution in [-0.4, -0.2) is 37.3 Å². The topological polar surface area (TPSA) is 64.7 Å². The van der Waals surface area contributed by atoms with Crippen LogP contribution in [0.15, 0.2) is 12.7 Å². The first-order valence-corrected chi connectivity index (χ1v) is 3.92. The molecule has 0 aromatic heterocycles. The molecule has 0 amide bonds. The zero-order valence-corrected chi connectivity index (χ0v) is 7.40. The van der Waals surface area contributed by atoms with Gasteiger partial charge in [-0.25, -0.2) is 0 Å². The lowest BCUT2D eigenvalue weighted by atomic mass is 10.4. The lowest BCUT2D eigenvalue weighted by Crippen LogP contribution is -2.22. The minimum atomic E-state index is -0.597. The maximum Gasteiger partial charge on any atom is 0.102 e. The van der Waals surface area contributed by atoms with Crippen LogP contribution in [0.3, 0.4) is 0 Å². The average Bonchev–Trinajstić information content (AvgIpc) is 2.03. The van der Waals surface area contributed by atoms with Crippen molar-refractivity contribution in [2.45, 2.75) is 19.3 Å². The van der Waals surface area contributed by atoms with Crippen molar-refractivity contribution in [2.24, 2.45) is 5.73 Å². The van der Waals surface area contributed by atoms with Crippen molar-refractivity contribution in [1.29, 1.82) is 0 Å². The van der Waals surface area contributed by atoms with Gasteiger partial charge in [0.25, 0.3) is 0 Å². The van der Waals surface area contributed by atoms with Crippen LogP contribution in [0.25, 0.3) is 0 Å². The highest BCUT2D eigenvalue weighted by molar-refractivity contribution is 4.76. The highest BCUT2D eigenvalue weighted by Gasteiger charge is 1.97. The second-order valence-corrected chi connectivity index (χ2v) is 2.45. The summed E-state index contributed by atoms with van der Waals surface area (Å²) in [5, 5.41) is 8.96. The van der Waals surface area contributed by atoms with E-state index < -0.39 is 6.10 Å². The summed E-state index contributed by atoms with van der Waals surface area (Å²) >= 11 is 0. The molecule has 0 bridgehead atoms. The predicted molar refractivity (Wildman–Crippen MR) is 46.6 cm³/mol. The van der Waals surface area contributed by atoms with E-state index in [-0.39, 0.29) is 12.8 Å². The molecule has 0 saturated heterocycles. The van der Waals surface area contributed by atoms with Gasteiger partial charge in [0.1, 0.15) is 6.23 Å². The molecule has 0 aliphatic carbocycles. The Morgan fingerprint density at radius 3 is 2.75 bits per heavy atom. The van der Waals surface area contributed by atoms with Crippen molar-refractivity contribution in [2.75, 3.05) is 19.8 Å². The summed E-state index contributed by atoms with van der Waals surface area (Å²) in [7, 11) is 0. The minimum absolute atomic E-state index is 0.256. The molecule has 0 spiro atoms. The number of hydrogen-bond donors (Lipinski definition) is 2. The first-order chi connectivity index (χ1) is 5.66. The standard InChI is InChI=1S/C8H17NO3/c1-3-8(10)6-11-4-5-12-7(2)9/h3,7-8,10H,1,4-6,9H2,2H3. The number of nitrogens with two attached hydrogens (primary N) is 1. The highest BCUT2D eigenvalue weighted by atomic mass is 16.5. The van der Waals surface area contributed by atoms with Gasteiger partial charge in [-0.05, 0) is 6.92 Å². The lowest BCUT2D eigenvalue weighted by Gasteiger charge is -2.09. The summed E-state index contributed by atoms with van der Waals surface area (Å²) in [5.74, 6) is 0. The number of hydrogen-bond acceptors (Lipinski definition) is 4. The normalized spacial score (nSPS) is 15.6. The van der Waals surface area contributed by atoms with Crippen LogP contribution in [0.4, 0.5) is 0 Å². The summed E-state index contributed by atoms with van der Waals surface area (Å²) in [6.45, 7) is 6.29. The second kappa shape index (κ2) is 7.24. The van der Waals surface area contributed by atoms with E-state index in [0.717, 1.165) is 0 Å². The Hall–Kier alpha value is -0.420. The van der Waals surface area contributed by atoms with E-state index in [4.69, 9.17) is 20.3 Å². The molecule has 2 unspecified atom stereocenters. The van der Waals surface area contributed by atoms with Crippen LogP contribution in [0.2, 0.25) is 0 Å². The SMILES string of the molecule is C=CC(O)COCCOC(C)N. The molecule has 12 heavy (non-hydrogen) atoms. The van der Waals surface area contributed by atoms with Gasteiger partial charge in [0, 0.05) is 0 Å². The fourth-order valence-electron chi connectivity index (χ4n) is 0.565. The minimum Gasteiger partial charge on any atom is -0.387 e. The fourth-order valence-corrected chi connectivity index (χ4v) is 0.565. The van der Waals surface area contributed by atoms with Gasteiger partial charge in [0.15, 0.2) is 0 Å². The zero-order valence-electron chi connectivity index (χ0n) is 7.40. The first-order valence-electron chi connectivity index (χ1n) is 3.92. The van der Waals surface area contributed by atoms with Crippen LogP contribution in [0.5, 0.6) is 0 Å².